The molecular formula is C27H33F3N4O3. The SMILES string of the molecule is Cc1ccc(NC(=O)N2CC[C@@H](CC(F)(F)F)C2)cc1-c1cc(NC(C)CO)nc([C@@]23COC[C@@H]2C3)c1. The second-order valence-corrected chi connectivity index (χ2v) is 10.8. The number of halogens is 3. The van der Waals surface area contributed by atoms with Crippen LogP contribution in [-0.2, 0) is 10.2 Å². The summed E-state index contributed by atoms with van der Waals surface area (Å²) >= 11 is 0. The lowest BCUT2D eigenvalue weighted by Crippen LogP contribution is -2.33. The van der Waals surface area contributed by atoms with Gasteiger partial charge in [-0.2, -0.15) is 13.2 Å². The highest BCUT2D eigenvalue weighted by molar-refractivity contribution is 5.90. The number of benzene rings is 1. The van der Waals surface area contributed by atoms with Crippen LogP contribution in [0.2, 0.25) is 0 Å². The van der Waals surface area contributed by atoms with E-state index in [1.807, 2.05) is 32.0 Å². The zero-order valence-corrected chi connectivity index (χ0v) is 21.1. The number of anilines is 2. The maximum Gasteiger partial charge on any atom is 0.389 e. The number of hydrogen-bond donors (Lipinski definition) is 3. The van der Waals surface area contributed by atoms with Crippen LogP contribution in [0.4, 0.5) is 29.5 Å². The van der Waals surface area contributed by atoms with E-state index < -0.39 is 24.5 Å². The fourth-order valence-corrected chi connectivity index (χ4v) is 5.58. The van der Waals surface area contributed by atoms with Crippen LogP contribution in [0.25, 0.3) is 11.1 Å². The molecular weight excluding hydrogens is 485 g/mol. The van der Waals surface area contributed by atoms with Gasteiger partial charge in [-0.15, -0.1) is 0 Å². The molecule has 0 bridgehead atoms. The van der Waals surface area contributed by atoms with Gasteiger partial charge in [0.05, 0.1) is 25.5 Å². The third kappa shape index (κ3) is 5.55. The highest BCUT2D eigenvalue weighted by Gasteiger charge is 2.60. The molecule has 1 aromatic carbocycles. The normalized spacial score (nSPS) is 25.6. The first kappa shape index (κ1) is 25.8. The zero-order valence-electron chi connectivity index (χ0n) is 21.1. The minimum atomic E-state index is -4.22. The number of aromatic nitrogens is 1. The zero-order chi connectivity index (χ0) is 26.4. The molecule has 7 nitrogen and oxygen atoms in total. The fraction of sp³-hybridized carbons (Fsp3) is 0.556. The van der Waals surface area contributed by atoms with Gasteiger partial charge >= 0.3 is 12.2 Å². The summed E-state index contributed by atoms with van der Waals surface area (Å²) in [5.41, 5.74) is 4.33. The van der Waals surface area contributed by atoms with Gasteiger partial charge < -0.3 is 25.4 Å². The van der Waals surface area contributed by atoms with Gasteiger partial charge in [0.15, 0.2) is 0 Å². The Balaban J connectivity index is 1.38. The lowest BCUT2D eigenvalue weighted by molar-refractivity contribution is -0.143. The van der Waals surface area contributed by atoms with Crippen molar-refractivity contribution in [2.45, 2.75) is 50.7 Å². The molecule has 2 saturated heterocycles. The summed E-state index contributed by atoms with van der Waals surface area (Å²) in [5, 5.41) is 15.7. The Morgan fingerprint density at radius 1 is 1.32 bits per heavy atom. The molecule has 3 heterocycles. The summed E-state index contributed by atoms with van der Waals surface area (Å²) < 4.78 is 44.0. The number of carbonyl (C=O) groups excluding carboxylic acids is 1. The number of pyridine rings is 1. The summed E-state index contributed by atoms with van der Waals surface area (Å²) in [6, 6.07) is 9.07. The molecule has 200 valence electrons. The van der Waals surface area contributed by atoms with Gasteiger partial charge in [0.1, 0.15) is 5.82 Å². The summed E-state index contributed by atoms with van der Waals surface area (Å²) in [6.45, 7) is 5.63. The van der Waals surface area contributed by atoms with E-state index in [0.29, 0.717) is 37.0 Å². The Morgan fingerprint density at radius 2 is 2.14 bits per heavy atom. The topological polar surface area (TPSA) is 86.7 Å². The Labute approximate surface area is 214 Å². The number of aliphatic hydroxyl groups excluding tert-OH is 1. The second-order valence-electron chi connectivity index (χ2n) is 10.8. The molecule has 2 amide bonds. The first-order valence-corrected chi connectivity index (χ1v) is 12.8. The molecule has 3 fully saturated rings. The first-order chi connectivity index (χ1) is 17.6. The van der Waals surface area contributed by atoms with Crippen molar-refractivity contribution in [2.24, 2.45) is 11.8 Å². The van der Waals surface area contributed by atoms with Gasteiger partial charge in [-0.1, -0.05) is 6.07 Å². The summed E-state index contributed by atoms with van der Waals surface area (Å²) in [5.74, 6) is 0.571. The van der Waals surface area contributed by atoms with E-state index in [2.05, 4.69) is 16.7 Å². The number of rotatable bonds is 7. The molecule has 0 spiro atoms. The van der Waals surface area contributed by atoms with Crippen LogP contribution in [0.15, 0.2) is 30.3 Å². The Kier molecular flexibility index (Phi) is 6.83. The van der Waals surface area contributed by atoms with Crippen LogP contribution in [0, 0.1) is 18.8 Å². The number of fused-ring (bicyclic) bond motifs is 1. The van der Waals surface area contributed by atoms with Gasteiger partial charge in [-0.3, -0.25) is 0 Å². The molecule has 10 heteroatoms. The Morgan fingerprint density at radius 3 is 2.81 bits per heavy atom. The van der Waals surface area contributed by atoms with Crippen LogP contribution < -0.4 is 10.6 Å². The molecule has 37 heavy (non-hydrogen) atoms. The quantitative estimate of drug-likeness (QED) is 0.483. The van der Waals surface area contributed by atoms with Crippen molar-refractivity contribution in [3.8, 4) is 11.1 Å². The van der Waals surface area contributed by atoms with E-state index >= 15 is 0 Å². The van der Waals surface area contributed by atoms with E-state index in [1.165, 1.54) is 4.90 Å². The van der Waals surface area contributed by atoms with Crippen LogP contribution in [0.5, 0.6) is 0 Å². The van der Waals surface area contributed by atoms with Crippen molar-refractivity contribution < 1.29 is 27.8 Å². The molecule has 1 saturated carbocycles. The molecule has 2 aliphatic heterocycles. The lowest BCUT2D eigenvalue weighted by atomic mass is 9.95. The highest BCUT2D eigenvalue weighted by Crippen LogP contribution is 2.58. The first-order valence-electron chi connectivity index (χ1n) is 12.8. The largest absolute Gasteiger partial charge is 0.394 e. The molecule has 1 unspecified atom stereocenters. The number of aryl methyl sites for hydroxylation is 1. The Hall–Kier alpha value is -2.85. The van der Waals surface area contributed by atoms with E-state index in [4.69, 9.17) is 9.72 Å². The number of carbonyl (C=O) groups is 1. The summed E-state index contributed by atoms with van der Waals surface area (Å²) in [7, 11) is 0. The predicted molar refractivity (Wildman–Crippen MR) is 135 cm³/mol. The van der Waals surface area contributed by atoms with Gasteiger partial charge in [-0.25, -0.2) is 9.78 Å². The molecule has 2 aromatic rings. The standard InChI is InChI=1S/C27H33F3N4O3/c1-16-3-4-21(32-25(36)34-6-5-18(12-34)10-27(28,29)30)9-22(16)19-7-23(26-11-20(26)14-37-15-26)33-24(8-19)31-17(2)13-35/h3-4,7-9,17-18,20,35H,5-6,10-15H2,1-2H3,(H,31,33)(H,32,36)/t17?,18-,20-,26-/m0/s1. The van der Waals surface area contributed by atoms with E-state index in [-0.39, 0.29) is 24.6 Å². The average molecular weight is 519 g/mol. The number of urea groups is 1. The Bertz CT molecular complexity index is 1170. The number of amides is 2. The number of likely N-dealkylation sites (tertiary alicyclic amines) is 1. The van der Waals surface area contributed by atoms with Crippen molar-refractivity contribution in [1.82, 2.24) is 9.88 Å². The van der Waals surface area contributed by atoms with E-state index in [0.717, 1.165) is 35.4 Å². The van der Waals surface area contributed by atoms with Crippen molar-refractivity contribution in [3.63, 3.8) is 0 Å². The fourth-order valence-electron chi connectivity index (χ4n) is 5.58. The molecule has 4 atom stereocenters. The number of nitrogens with one attached hydrogen (secondary N) is 2. The number of hydrogen-bond acceptors (Lipinski definition) is 5. The van der Waals surface area contributed by atoms with Gasteiger partial charge in [0, 0.05) is 36.7 Å². The monoisotopic (exact) mass is 518 g/mol. The second kappa shape index (κ2) is 9.79. The summed E-state index contributed by atoms with van der Waals surface area (Å²) in [4.78, 5) is 19.1. The molecule has 1 aromatic heterocycles. The van der Waals surface area contributed by atoms with Crippen LogP contribution in [-0.4, -0.2) is 66.1 Å². The smallest absolute Gasteiger partial charge is 0.389 e. The minimum Gasteiger partial charge on any atom is -0.394 e. The summed E-state index contributed by atoms with van der Waals surface area (Å²) in [6.07, 6.45) is -3.70. The number of aliphatic hydroxyl groups is 1. The highest BCUT2D eigenvalue weighted by atomic mass is 19.4. The van der Waals surface area contributed by atoms with Gasteiger partial charge in [0.2, 0.25) is 0 Å². The van der Waals surface area contributed by atoms with Crippen LogP contribution in [0.3, 0.4) is 0 Å². The van der Waals surface area contributed by atoms with Crippen molar-refractivity contribution >= 4 is 17.5 Å². The molecule has 3 aliphatic rings. The number of nitrogens with zero attached hydrogens (tertiary/aromatic N) is 2. The molecule has 1 aliphatic carbocycles. The predicted octanol–water partition coefficient (Wildman–Crippen LogP) is 4.94. The third-order valence-electron chi connectivity index (χ3n) is 7.81. The number of ether oxygens (including phenoxy) is 1. The van der Waals surface area contributed by atoms with E-state index in [9.17, 15) is 23.1 Å². The molecule has 5 rings (SSSR count). The minimum absolute atomic E-state index is 0.0288. The number of alkyl halides is 3. The maximum atomic E-state index is 12.8. The van der Waals surface area contributed by atoms with Gasteiger partial charge in [0.25, 0.3) is 0 Å². The molecule has 3 N–H and O–H groups in total. The van der Waals surface area contributed by atoms with Crippen molar-refractivity contribution in [2.75, 3.05) is 43.5 Å². The van der Waals surface area contributed by atoms with Crippen molar-refractivity contribution in [1.29, 1.82) is 0 Å². The lowest BCUT2D eigenvalue weighted by Gasteiger charge is -2.20. The van der Waals surface area contributed by atoms with Crippen LogP contribution in [0.1, 0.15) is 37.4 Å². The van der Waals surface area contributed by atoms with Crippen molar-refractivity contribution in [3.05, 3.63) is 41.6 Å². The average Bonchev–Trinajstić information content (AvgIpc) is 3.14. The van der Waals surface area contributed by atoms with Crippen LogP contribution >= 0.6 is 0 Å². The van der Waals surface area contributed by atoms with E-state index in [1.54, 1.807) is 6.07 Å². The molecule has 0 radical (unpaired) electrons. The third-order valence-corrected chi connectivity index (χ3v) is 7.81. The van der Waals surface area contributed by atoms with Gasteiger partial charge in [-0.05, 0) is 79.5 Å². The maximum absolute atomic E-state index is 12.8.